The number of benzene rings is 1. The standard InChI is InChI=1S/C15H14N2O3/c1-3-20-14-13-10(8-12(17-14)15(18)19-2)9-6-4-5-7-11(9)16-13/h4-8,16H,3H2,1-2H3. The molecule has 1 N–H and O–H groups in total. The minimum absolute atomic E-state index is 0.244. The molecule has 5 nitrogen and oxygen atoms in total. The average Bonchev–Trinajstić information content (AvgIpc) is 2.86. The van der Waals surface area contributed by atoms with Crippen LogP contribution in [0.2, 0.25) is 0 Å². The minimum Gasteiger partial charge on any atom is -0.476 e. The van der Waals surface area contributed by atoms with Gasteiger partial charge in [-0.15, -0.1) is 0 Å². The van der Waals surface area contributed by atoms with E-state index >= 15 is 0 Å². The highest BCUT2D eigenvalue weighted by molar-refractivity contribution is 6.10. The van der Waals surface area contributed by atoms with Crippen LogP contribution in [-0.2, 0) is 4.74 Å². The molecule has 0 fully saturated rings. The number of carbonyl (C=O) groups excluding carboxylic acids is 1. The third kappa shape index (κ3) is 1.87. The highest BCUT2D eigenvalue weighted by atomic mass is 16.5. The summed E-state index contributed by atoms with van der Waals surface area (Å²) in [5.74, 6) is -0.0558. The van der Waals surface area contributed by atoms with Crippen LogP contribution < -0.4 is 4.74 Å². The Morgan fingerprint density at radius 1 is 1.30 bits per heavy atom. The number of aromatic amines is 1. The summed E-state index contributed by atoms with van der Waals surface area (Å²) in [6.07, 6.45) is 0. The molecule has 3 aromatic rings. The van der Waals surface area contributed by atoms with Crippen LogP contribution in [0.5, 0.6) is 5.88 Å². The molecule has 0 aliphatic carbocycles. The van der Waals surface area contributed by atoms with Gasteiger partial charge in [0.1, 0.15) is 5.52 Å². The van der Waals surface area contributed by atoms with Crippen LogP contribution in [0.25, 0.3) is 21.8 Å². The Morgan fingerprint density at radius 2 is 2.10 bits per heavy atom. The zero-order chi connectivity index (χ0) is 14.1. The van der Waals surface area contributed by atoms with E-state index in [4.69, 9.17) is 9.47 Å². The number of fused-ring (bicyclic) bond motifs is 3. The van der Waals surface area contributed by atoms with Gasteiger partial charge in [-0.1, -0.05) is 18.2 Å². The molecule has 102 valence electrons. The summed E-state index contributed by atoms with van der Waals surface area (Å²) < 4.78 is 10.3. The first-order valence-corrected chi connectivity index (χ1v) is 6.37. The number of methoxy groups -OCH3 is 1. The van der Waals surface area contributed by atoms with Crippen molar-refractivity contribution in [2.75, 3.05) is 13.7 Å². The Kier molecular flexibility index (Phi) is 3.02. The summed E-state index contributed by atoms with van der Waals surface area (Å²) in [6.45, 7) is 2.35. The average molecular weight is 270 g/mol. The van der Waals surface area contributed by atoms with Gasteiger partial charge >= 0.3 is 5.97 Å². The number of ether oxygens (including phenoxy) is 2. The SMILES string of the molecule is CCOc1nc(C(=O)OC)cc2c1[nH]c1ccccc12. The topological polar surface area (TPSA) is 64.2 Å². The lowest BCUT2D eigenvalue weighted by molar-refractivity contribution is 0.0593. The fraction of sp³-hybridized carbons (Fsp3) is 0.200. The van der Waals surface area contributed by atoms with Gasteiger partial charge in [-0.3, -0.25) is 0 Å². The molecule has 1 aromatic carbocycles. The molecule has 0 bridgehead atoms. The number of nitrogens with zero attached hydrogens (tertiary/aromatic N) is 1. The van der Waals surface area contributed by atoms with Crippen molar-refractivity contribution in [2.24, 2.45) is 0 Å². The molecule has 0 aliphatic heterocycles. The maximum absolute atomic E-state index is 11.7. The van der Waals surface area contributed by atoms with Crippen molar-refractivity contribution in [1.29, 1.82) is 0 Å². The molecular formula is C15H14N2O3. The van der Waals surface area contributed by atoms with Gasteiger partial charge in [0.2, 0.25) is 5.88 Å². The molecule has 0 atom stereocenters. The Hall–Kier alpha value is -2.56. The summed E-state index contributed by atoms with van der Waals surface area (Å²) in [7, 11) is 1.34. The van der Waals surface area contributed by atoms with Gasteiger partial charge in [0.15, 0.2) is 5.69 Å². The molecule has 2 heterocycles. The molecule has 2 aromatic heterocycles. The van der Waals surface area contributed by atoms with Crippen LogP contribution in [0, 0.1) is 0 Å². The number of rotatable bonds is 3. The van der Waals surface area contributed by atoms with Crippen LogP contribution in [0.1, 0.15) is 17.4 Å². The monoisotopic (exact) mass is 270 g/mol. The lowest BCUT2D eigenvalue weighted by Crippen LogP contribution is -2.06. The third-order valence-electron chi connectivity index (χ3n) is 3.14. The second-order valence-corrected chi connectivity index (χ2v) is 4.33. The first-order valence-electron chi connectivity index (χ1n) is 6.37. The van der Waals surface area contributed by atoms with Gasteiger partial charge in [-0.05, 0) is 19.1 Å². The molecular weight excluding hydrogens is 256 g/mol. The summed E-state index contributed by atoms with van der Waals surface area (Å²) in [4.78, 5) is 19.2. The zero-order valence-electron chi connectivity index (χ0n) is 11.3. The normalized spacial score (nSPS) is 10.9. The van der Waals surface area contributed by atoms with E-state index in [9.17, 15) is 4.79 Å². The maximum Gasteiger partial charge on any atom is 0.356 e. The van der Waals surface area contributed by atoms with Gasteiger partial charge in [-0.2, -0.15) is 0 Å². The number of aromatic nitrogens is 2. The Bertz CT molecular complexity index is 792. The number of hydrogen-bond donors (Lipinski definition) is 1. The summed E-state index contributed by atoms with van der Waals surface area (Å²) >= 11 is 0. The minimum atomic E-state index is -0.474. The molecule has 0 saturated heterocycles. The lowest BCUT2D eigenvalue weighted by atomic mass is 10.1. The predicted octanol–water partition coefficient (Wildman–Crippen LogP) is 2.90. The molecule has 5 heteroatoms. The Balaban J connectivity index is 2.35. The third-order valence-corrected chi connectivity index (χ3v) is 3.14. The van der Waals surface area contributed by atoms with Crippen molar-refractivity contribution in [3.63, 3.8) is 0 Å². The molecule has 0 spiro atoms. The van der Waals surface area contributed by atoms with Gasteiger partial charge in [0.25, 0.3) is 0 Å². The highest BCUT2D eigenvalue weighted by Crippen LogP contribution is 2.31. The number of para-hydroxylation sites is 1. The van der Waals surface area contributed by atoms with Crippen molar-refractivity contribution in [3.05, 3.63) is 36.0 Å². The first-order chi connectivity index (χ1) is 9.74. The van der Waals surface area contributed by atoms with E-state index in [-0.39, 0.29) is 5.69 Å². The van der Waals surface area contributed by atoms with E-state index in [2.05, 4.69) is 9.97 Å². The highest BCUT2D eigenvalue weighted by Gasteiger charge is 2.16. The molecule has 0 amide bonds. The number of nitrogens with one attached hydrogen (secondary N) is 1. The van der Waals surface area contributed by atoms with E-state index in [1.54, 1.807) is 6.07 Å². The van der Waals surface area contributed by atoms with Crippen LogP contribution in [0.3, 0.4) is 0 Å². The van der Waals surface area contributed by atoms with Crippen LogP contribution >= 0.6 is 0 Å². The largest absolute Gasteiger partial charge is 0.476 e. The van der Waals surface area contributed by atoms with Crippen molar-refractivity contribution in [3.8, 4) is 5.88 Å². The van der Waals surface area contributed by atoms with Crippen molar-refractivity contribution in [2.45, 2.75) is 6.92 Å². The fourth-order valence-corrected chi connectivity index (χ4v) is 2.27. The Labute approximate surface area is 115 Å². The van der Waals surface area contributed by atoms with Gasteiger partial charge in [0.05, 0.1) is 13.7 Å². The van der Waals surface area contributed by atoms with Crippen molar-refractivity contribution in [1.82, 2.24) is 9.97 Å². The molecule has 0 unspecified atom stereocenters. The number of H-pyrrole nitrogens is 1. The summed E-state index contributed by atoms with van der Waals surface area (Å²) in [5, 5.41) is 1.93. The van der Waals surface area contributed by atoms with Crippen molar-refractivity contribution < 1.29 is 14.3 Å². The van der Waals surface area contributed by atoms with Gasteiger partial charge in [0, 0.05) is 16.3 Å². The van der Waals surface area contributed by atoms with Crippen LogP contribution in [-0.4, -0.2) is 29.7 Å². The maximum atomic E-state index is 11.7. The van der Waals surface area contributed by atoms with E-state index in [1.165, 1.54) is 7.11 Å². The molecule has 0 radical (unpaired) electrons. The second-order valence-electron chi connectivity index (χ2n) is 4.33. The zero-order valence-corrected chi connectivity index (χ0v) is 11.3. The quantitative estimate of drug-likeness (QED) is 0.743. The predicted molar refractivity (Wildman–Crippen MR) is 76.1 cm³/mol. The lowest BCUT2D eigenvalue weighted by Gasteiger charge is -2.06. The van der Waals surface area contributed by atoms with Gasteiger partial charge in [-0.25, -0.2) is 9.78 Å². The van der Waals surface area contributed by atoms with E-state index in [0.29, 0.717) is 12.5 Å². The van der Waals surface area contributed by atoms with E-state index in [1.807, 2.05) is 31.2 Å². The molecule has 3 rings (SSSR count). The van der Waals surface area contributed by atoms with E-state index in [0.717, 1.165) is 21.8 Å². The fourth-order valence-electron chi connectivity index (χ4n) is 2.27. The first kappa shape index (κ1) is 12.5. The Morgan fingerprint density at radius 3 is 2.85 bits per heavy atom. The second kappa shape index (κ2) is 4.85. The van der Waals surface area contributed by atoms with Crippen molar-refractivity contribution >= 4 is 27.8 Å². The molecule has 0 aliphatic rings. The van der Waals surface area contributed by atoms with Crippen LogP contribution in [0.4, 0.5) is 0 Å². The summed E-state index contributed by atoms with van der Waals surface area (Å²) in [5.41, 5.74) is 2.01. The van der Waals surface area contributed by atoms with E-state index < -0.39 is 5.97 Å². The molecule has 0 saturated carbocycles. The molecule has 20 heavy (non-hydrogen) atoms. The van der Waals surface area contributed by atoms with Crippen LogP contribution in [0.15, 0.2) is 30.3 Å². The number of carbonyl (C=O) groups is 1. The smallest absolute Gasteiger partial charge is 0.356 e. The number of pyridine rings is 1. The number of esters is 1. The summed E-state index contributed by atoms with van der Waals surface area (Å²) in [6, 6.07) is 9.59. The number of hydrogen-bond acceptors (Lipinski definition) is 4. The van der Waals surface area contributed by atoms with Gasteiger partial charge < -0.3 is 14.5 Å².